The number of methoxy groups -OCH3 is 2. The van der Waals surface area contributed by atoms with Gasteiger partial charge >= 0.3 is 11.9 Å². The Morgan fingerprint density at radius 1 is 1.26 bits per heavy atom. The Morgan fingerprint density at radius 3 is 2.71 bits per heavy atom. The second-order valence-electron chi connectivity index (χ2n) is 7.44. The Bertz CT molecular complexity index is 1180. The van der Waals surface area contributed by atoms with Crippen LogP contribution in [-0.2, 0) is 20.8 Å². The van der Waals surface area contributed by atoms with Crippen molar-refractivity contribution in [1.29, 1.82) is 0 Å². The number of hydrogen-bond donors (Lipinski definition) is 1. The van der Waals surface area contributed by atoms with Crippen molar-refractivity contribution in [3.63, 3.8) is 0 Å². The van der Waals surface area contributed by atoms with Gasteiger partial charge < -0.3 is 19.3 Å². The first-order chi connectivity index (χ1) is 16.3. The molecule has 180 valence electrons. The summed E-state index contributed by atoms with van der Waals surface area (Å²) < 4.78 is 16.6. The summed E-state index contributed by atoms with van der Waals surface area (Å²) in [6, 6.07) is 4.87. The molecule has 1 saturated heterocycles. The van der Waals surface area contributed by atoms with E-state index in [9.17, 15) is 19.5 Å². The highest BCUT2D eigenvalue weighted by atomic mass is 32.2. The highest BCUT2D eigenvalue weighted by Gasteiger charge is 2.45. The number of thioether (sulfide) groups is 2. The Hall–Kier alpha value is -2.70. The number of aliphatic carboxylic acids is 1. The van der Waals surface area contributed by atoms with Crippen LogP contribution in [0.2, 0.25) is 0 Å². The van der Waals surface area contributed by atoms with Gasteiger partial charge in [-0.2, -0.15) is 0 Å². The minimum atomic E-state index is -1.08. The zero-order valence-electron chi connectivity index (χ0n) is 18.7. The smallest absolute Gasteiger partial charge is 0.352 e. The maximum absolute atomic E-state index is 12.5. The van der Waals surface area contributed by atoms with E-state index in [1.807, 2.05) is 6.92 Å². The quantitative estimate of drug-likeness (QED) is 0.227. The molecule has 12 heteroatoms. The van der Waals surface area contributed by atoms with Crippen LogP contribution in [0.4, 0.5) is 0 Å². The SMILES string of the molecule is COc1ccc(OC(=O)Cc2sc(SCC3=C(C(=O)O)N4C(=O)C[C@H]4SC3)nc2C)cc1OC. The first kappa shape index (κ1) is 24.4. The molecule has 34 heavy (non-hydrogen) atoms. The molecule has 0 aliphatic carbocycles. The van der Waals surface area contributed by atoms with Gasteiger partial charge in [-0.1, -0.05) is 11.8 Å². The zero-order chi connectivity index (χ0) is 24.4. The van der Waals surface area contributed by atoms with E-state index < -0.39 is 11.9 Å². The number of rotatable bonds is 9. The number of ether oxygens (including phenoxy) is 3. The maximum Gasteiger partial charge on any atom is 0.352 e. The van der Waals surface area contributed by atoms with Crippen LogP contribution in [0, 0.1) is 6.92 Å². The zero-order valence-corrected chi connectivity index (χ0v) is 21.1. The largest absolute Gasteiger partial charge is 0.493 e. The van der Waals surface area contributed by atoms with Gasteiger partial charge in [0.25, 0.3) is 0 Å². The minimum Gasteiger partial charge on any atom is -0.493 e. The standard InChI is InChI=1S/C22H22N2O7S3/c1-11-16(7-19(26)31-13-4-5-14(29-2)15(6-13)30-3)34-22(23-11)33-10-12-9-32-18-8-17(25)24(18)20(12)21(27)28/h4-6,18H,7-10H2,1-3H3,(H,27,28)/t18-/m1/s1. The monoisotopic (exact) mass is 522 g/mol. The minimum absolute atomic E-state index is 0.0568. The third kappa shape index (κ3) is 5.03. The van der Waals surface area contributed by atoms with E-state index in [-0.39, 0.29) is 23.4 Å². The number of esters is 1. The number of carbonyl (C=O) groups is 3. The second-order valence-corrected chi connectivity index (χ2v) is 10.9. The lowest BCUT2D eigenvalue weighted by atomic mass is 10.1. The number of carbonyl (C=O) groups excluding carboxylic acids is 2. The lowest BCUT2D eigenvalue weighted by molar-refractivity contribution is -0.146. The lowest BCUT2D eigenvalue weighted by Crippen LogP contribution is -2.54. The van der Waals surface area contributed by atoms with E-state index in [0.717, 1.165) is 14.9 Å². The van der Waals surface area contributed by atoms with Gasteiger partial charge in [-0.25, -0.2) is 9.78 Å². The fourth-order valence-electron chi connectivity index (χ4n) is 3.54. The number of aromatic nitrogens is 1. The number of benzene rings is 1. The van der Waals surface area contributed by atoms with Crippen LogP contribution in [0.1, 0.15) is 17.0 Å². The molecule has 1 aromatic heterocycles. The molecule has 1 N–H and O–H groups in total. The van der Waals surface area contributed by atoms with Gasteiger partial charge in [-0.3, -0.25) is 14.5 Å². The fraction of sp³-hybridized carbons (Fsp3) is 0.364. The maximum atomic E-state index is 12.5. The average molecular weight is 523 g/mol. The number of fused-ring (bicyclic) bond motifs is 1. The molecule has 0 saturated carbocycles. The van der Waals surface area contributed by atoms with E-state index >= 15 is 0 Å². The highest BCUT2D eigenvalue weighted by molar-refractivity contribution is 8.01. The fourth-order valence-corrected chi connectivity index (χ4v) is 7.17. The summed E-state index contributed by atoms with van der Waals surface area (Å²) in [4.78, 5) is 42.8. The van der Waals surface area contributed by atoms with Crippen molar-refractivity contribution in [2.45, 2.75) is 29.5 Å². The third-order valence-electron chi connectivity index (χ3n) is 5.27. The first-order valence-electron chi connectivity index (χ1n) is 10.2. The molecule has 0 unspecified atom stereocenters. The summed E-state index contributed by atoms with van der Waals surface area (Å²) in [7, 11) is 3.03. The Kier molecular flexibility index (Phi) is 7.39. The summed E-state index contributed by atoms with van der Waals surface area (Å²) in [5, 5.41) is 9.56. The molecular formula is C22H22N2O7S3. The number of carboxylic acids is 1. The number of thiazole rings is 1. The first-order valence-corrected chi connectivity index (χ1v) is 13.1. The average Bonchev–Trinajstić information content (AvgIpc) is 3.15. The van der Waals surface area contributed by atoms with Gasteiger partial charge in [0.05, 0.1) is 38.1 Å². The molecule has 0 spiro atoms. The summed E-state index contributed by atoms with van der Waals surface area (Å²) in [5.41, 5.74) is 1.52. The molecule has 0 bridgehead atoms. The number of carboxylic acid groups (broad SMARTS) is 1. The van der Waals surface area contributed by atoms with Crippen LogP contribution in [-0.4, -0.2) is 63.9 Å². The van der Waals surface area contributed by atoms with E-state index in [2.05, 4.69) is 4.98 Å². The predicted molar refractivity (Wildman–Crippen MR) is 129 cm³/mol. The van der Waals surface area contributed by atoms with E-state index in [4.69, 9.17) is 14.2 Å². The van der Waals surface area contributed by atoms with Crippen molar-refractivity contribution < 1.29 is 33.7 Å². The van der Waals surface area contributed by atoms with Crippen molar-refractivity contribution in [2.75, 3.05) is 25.7 Å². The number of amides is 1. The summed E-state index contributed by atoms with van der Waals surface area (Å²) in [6.45, 7) is 1.82. The lowest BCUT2D eigenvalue weighted by Gasteiger charge is -2.43. The number of hydrogen-bond acceptors (Lipinski definition) is 10. The molecule has 1 amide bonds. The molecule has 1 atom stereocenters. The number of aryl methyl sites for hydroxylation is 1. The van der Waals surface area contributed by atoms with Crippen LogP contribution in [0.5, 0.6) is 17.2 Å². The molecule has 9 nitrogen and oxygen atoms in total. The van der Waals surface area contributed by atoms with Crippen LogP contribution in [0.15, 0.2) is 33.8 Å². The Labute approximate surface area is 208 Å². The van der Waals surface area contributed by atoms with Crippen molar-refractivity contribution in [3.8, 4) is 17.2 Å². The number of β-lactam (4-membered cyclic amide) rings is 1. The van der Waals surface area contributed by atoms with Gasteiger partial charge in [-0.15, -0.1) is 23.1 Å². The van der Waals surface area contributed by atoms with Crippen molar-refractivity contribution in [1.82, 2.24) is 9.88 Å². The van der Waals surface area contributed by atoms with Gasteiger partial charge in [0, 0.05) is 22.4 Å². The molecule has 2 aliphatic rings. The van der Waals surface area contributed by atoms with Gasteiger partial charge in [0.1, 0.15) is 11.4 Å². The molecular weight excluding hydrogens is 500 g/mol. The molecule has 2 aromatic rings. The Balaban J connectivity index is 1.40. The Morgan fingerprint density at radius 2 is 2.03 bits per heavy atom. The second kappa shape index (κ2) is 10.3. The summed E-state index contributed by atoms with van der Waals surface area (Å²) in [5.74, 6) is 0.654. The van der Waals surface area contributed by atoms with Gasteiger partial charge in [-0.05, 0) is 24.6 Å². The van der Waals surface area contributed by atoms with Gasteiger partial charge in [0.2, 0.25) is 5.91 Å². The van der Waals surface area contributed by atoms with Gasteiger partial charge in [0.15, 0.2) is 15.8 Å². The molecule has 4 rings (SSSR count). The normalized spacial score (nSPS) is 17.2. The van der Waals surface area contributed by atoms with E-state index in [1.165, 1.54) is 42.2 Å². The topological polar surface area (TPSA) is 115 Å². The molecule has 1 aromatic carbocycles. The molecule has 2 aliphatic heterocycles. The van der Waals surface area contributed by atoms with E-state index in [1.54, 1.807) is 30.0 Å². The molecule has 3 heterocycles. The predicted octanol–water partition coefficient (Wildman–Crippen LogP) is 3.35. The summed E-state index contributed by atoms with van der Waals surface area (Å²) >= 11 is 4.36. The van der Waals surface area contributed by atoms with Crippen LogP contribution in [0.3, 0.4) is 0 Å². The van der Waals surface area contributed by atoms with Crippen LogP contribution >= 0.6 is 34.9 Å². The van der Waals surface area contributed by atoms with Crippen LogP contribution in [0.25, 0.3) is 0 Å². The van der Waals surface area contributed by atoms with E-state index in [0.29, 0.717) is 40.7 Å². The van der Waals surface area contributed by atoms with Crippen molar-refractivity contribution in [2.24, 2.45) is 0 Å². The summed E-state index contributed by atoms with van der Waals surface area (Å²) in [6.07, 6.45) is 0.442. The molecule has 0 radical (unpaired) electrons. The molecule has 1 fully saturated rings. The highest BCUT2D eigenvalue weighted by Crippen LogP contribution is 2.41. The van der Waals surface area contributed by atoms with Crippen molar-refractivity contribution >= 4 is 52.7 Å². The number of nitrogens with zero attached hydrogens (tertiary/aromatic N) is 2. The third-order valence-corrected chi connectivity index (χ3v) is 8.93. The van der Waals surface area contributed by atoms with Crippen LogP contribution < -0.4 is 14.2 Å². The van der Waals surface area contributed by atoms with Crippen molar-refractivity contribution in [3.05, 3.63) is 40.0 Å².